The van der Waals surface area contributed by atoms with E-state index < -0.39 is 23.3 Å². The molecule has 1 N–H and O–H groups in total. The third-order valence-electron chi connectivity index (χ3n) is 7.34. The zero-order chi connectivity index (χ0) is 29.1. The van der Waals surface area contributed by atoms with Crippen molar-refractivity contribution in [2.45, 2.75) is 25.6 Å². The Labute approximate surface area is 234 Å². The molecule has 2 atom stereocenters. The lowest BCUT2D eigenvalue weighted by molar-refractivity contribution is -0.138. The monoisotopic (exact) mass is 567 g/mol. The van der Waals surface area contributed by atoms with Crippen LogP contribution in [0.4, 0.5) is 24.7 Å². The molecule has 1 aromatic carbocycles. The van der Waals surface area contributed by atoms with E-state index in [1.807, 2.05) is 18.1 Å². The lowest BCUT2D eigenvalue weighted by atomic mass is 10.1. The van der Waals surface area contributed by atoms with Crippen molar-refractivity contribution in [3.8, 4) is 11.8 Å². The van der Waals surface area contributed by atoms with Crippen LogP contribution in [0.15, 0.2) is 53.6 Å². The molecular formula is C28H28F3N7O3. The van der Waals surface area contributed by atoms with Gasteiger partial charge < -0.3 is 19.4 Å². The average Bonchev–Trinajstić information content (AvgIpc) is 3.35. The number of H-pyrrole nitrogens is 1. The molecule has 3 aromatic rings. The standard InChI is InChI=1S/C28H28F3N7O3/c1-18-11-21(38(16-18)23-15-34-35-26(39)25(23)28(29,30)31)17-41-22-4-2-3-20(12-22)27(40)37-9-7-36(8-10-37)24-6-5-19(13-32)14-33-24/h2-6,12,14-15,18,21H,7-11,16-17H2,1H3,(H,35,39)/t18-,21-/m0/s1. The number of amides is 1. The number of piperazine rings is 1. The molecule has 5 rings (SSSR count). The number of alkyl halides is 3. The smallest absolute Gasteiger partial charge is 0.423 e. The van der Waals surface area contributed by atoms with E-state index in [9.17, 15) is 22.8 Å². The highest BCUT2D eigenvalue weighted by molar-refractivity contribution is 5.94. The second-order valence-electron chi connectivity index (χ2n) is 10.2. The number of benzene rings is 1. The molecule has 1 amide bonds. The van der Waals surface area contributed by atoms with Crippen LogP contribution in [-0.4, -0.2) is 71.4 Å². The molecule has 0 saturated carbocycles. The summed E-state index contributed by atoms with van der Waals surface area (Å²) >= 11 is 0. The van der Waals surface area contributed by atoms with Crippen molar-refractivity contribution in [3.05, 3.63) is 75.8 Å². The Balaban J connectivity index is 1.23. The van der Waals surface area contributed by atoms with Crippen molar-refractivity contribution in [1.29, 1.82) is 5.26 Å². The molecule has 41 heavy (non-hydrogen) atoms. The first-order valence-electron chi connectivity index (χ1n) is 13.2. The minimum atomic E-state index is -4.83. The zero-order valence-corrected chi connectivity index (χ0v) is 22.3. The van der Waals surface area contributed by atoms with Gasteiger partial charge in [-0.05, 0) is 42.7 Å². The number of aromatic nitrogens is 3. The molecule has 0 bridgehead atoms. The van der Waals surface area contributed by atoms with Crippen LogP contribution in [0.3, 0.4) is 0 Å². The lowest BCUT2D eigenvalue weighted by Crippen LogP contribution is -2.49. The summed E-state index contributed by atoms with van der Waals surface area (Å²) in [6.45, 7) is 4.49. The number of carbonyl (C=O) groups excluding carboxylic acids is 1. The summed E-state index contributed by atoms with van der Waals surface area (Å²) in [5, 5.41) is 14.4. The molecule has 2 fully saturated rings. The van der Waals surface area contributed by atoms with E-state index in [1.54, 1.807) is 41.3 Å². The topological polar surface area (TPSA) is 118 Å². The third-order valence-corrected chi connectivity index (χ3v) is 7.34. The van der Waals surface area contributed by atoms with Gasteiger partial charge in [-0.15, -0.1) is 0 Å². The normalized spacial score (nSPS) is 19.2. The van der Waals surface area contributed by atoms with Crippen molar-refractivity contribution >= 4 is 17.4 Å². The number of aromatic amines is 1. The lowest BCUT2D eigenvalue weighted by Gasteiger charge is -2.35. The third kappa shape index (κ3) is 6.11. The fourth-order valence-electron chi connectivity index (χ4n) is 5.36. The number of halogens is 3. The molecule has 214 valence electrons. The maximum atomic E-state index is 13.7. The number of hydrogen-bond donors (Lipinski definition) is 1. The van der Waals surface area contributed by atoms with Gasteiger partial charge in [-0.1, -0.05) is 13.0 Å². The summed E-state index contributed by atoms with van der Waals surface area (Å²) in [5.74, 6) is 1.11. The van der Waals surface area contributed by atoms with E-state index in [2.05, 4.69) is 15.0 Å². The Hall–Kier alpha value is -4.60. The highest BCUT2D eigenvalue weighted by Gasteiger charge is 2.42. The maximum Gasteiger partial charge on any atom is 0.423 e. The Bertz CT molecular complexity index is 1500. The van der Waals surface area contributed by atoms with Gasteiger partial charge in [0, 0.05) is 44.5 Å². The van der Waals surface area contributed by atoms with Gasteiger partial charge in [-0.2, -0.15) is 23.5 Å². The van der Waals surface area contributed by atoms with Gasteiger partial charge in [0.25, 0.3) is 11.5 Å². The summed E-state index contributed by atoms with van der Waals surface area (Å²) in [6, 6.07) is 11.9. The number of hydrogen-bond acceptors (Lipinski definition) is 8. The van der Waals surface area contributed by atoms with Crippen molar-refractivity contribution < 1.29 is 22.7 Å². The number of pyridine rings is 1. The number of nitriles is 1. The van der Waals surface area contributed by atoms with Crippen LogP contribution in [0.25, 0.3) is 0 Å². The fraction of sp³-hybridized carbons (Fsp3) is 0.393. The SMILES string of the molecule is C[C@H]1C[C@@H](COc2cccc(C(=O)N3CCN(c4ccc(C#N)cn4)CC3)c2)N(c2cn[nH]c(=O)c2C(F)(F)F)C1. The Morgan fingerprint density at radius 3 is 2.63 bits per heavy atom. The molecular weight excluding hydrogens is 539 g/mol. The first-order chi connectivity index (χ1) is 19.6. The number of rotatable bonds is 6. The molecule has 13 heteroatoms. The molecule has 2 aromatic heterocycles. The van der Waals surface area contributed by atoms with Crippen LogP contribution in [0.2, 0.25) is 0 Å². The minimum Gasteiger partial charge on any atom is -0.491 e. The molecule has 10 nitrogen and oxygen atoms in total. The summed E-state index contributed by atoms with van der Waals surface area (Å²) in [5.41, 5.74) is -1.89. The summed E-state index contributed by atoms with van der Waals surface area (Å²) in [4.78, 5) is 34.9. The Morgan fingerprint density at radius 1 is 1.17 bits per heavy atom. The molecule has 2 saturated heterocycles. The van der Waals surface area contributed by atoms with Gasteiger partial charge in [-0.25, -0.2) is 10.1 Å². The van der Waals surface area contributed by atoms with Gasteiger partial charge in [0.05, 0.1) is 23.5 Å². The highest BCUT2D eigenvalue weighted by Crippen LogP contribution is 2.37. The molecule has 0 radical (unpaired) electrons. The predicted molar refractivity (Wildman–Crippen MR) is 144 cm³/mol. The quantitative estimate of drug-likeness (QED) is 0.482. The van der Waals surface area contributed by atoms with Gasteiger partial charge in [-0.3, -0.25) is 9.59 Å². The van der Waals surface area contributed by atoms with Crippen molar-refractivity contribution in [1.82, 2.24) is 20.1 Å². The van der Waals surface area contributed by atoms with Gasteiger partial charge in [0.15, 0.2) is 0 Å². The van der Waals surface area contributed by atoms with Crippen LogP contribution >= 0.6 is 0 Å². The predicted octanol–water partition coefficient (Wildman–Crippen LogP) is 3.31. The molecule has 0 aliphatic carbocycles. The summed E-state index contributed by atoms with van der Waals surface area (Å²) < 4.78 is 47.0. The van der Waals surface area contributed by atoms with Gasteiger partial charge in [0.2, 0.25) is 0 Å². The van der Waals surface area contributed by atoms with Crippen LogP contribution in [0.5, 0.6) is 5.75 Å². The molecule has 0 spiro atoms. The Kier molecular flexibility index (Phi) is 7.83. The second-order valence-corrected chi connectivity index (χ2v) is 10.2. The van der Waals surface area contributed by atoms with E-state index >= 15 is 0 Å². The van der Waals surface area contributed by atoms with Gasteiger partial charge >= 0.3 is 6.18 Å². The second kappa shape index (κ2) is 11.5. The van der Waals surface area contributed by atoms with E-state index in [1.165, 1.54) is 11.1 Å². The Morgan fingerprint density at radius 2 is 1.95 bits per heavy atom. The van der Waals surface area contributed by atoms with Crippen LogP contribution < -0.4 is 20.1 Å². The molecule has 2 aliphatic heterocycles. The van der Waals surface area contributed by atoms with Crippen LogP contribution in [-0.2, 0) is 6.18 Å². The van der Waals surface area contributed by atoms with Crippen LogP contribution in [0, 0.1) is 17.2 Å². The fourth-order valence-corrected chi connectivity index (χ4v) is 5.36. The summed E-state index contributed by atoms with van der Waals surface area (Å²) in [6.07, 6.45) is -1.70. The van der Waals surface area contributed by atoms with E-state index in [-0.39, 0.29) is 24.1 Å². The number of nitrogens with one attached hydrogen (secondary N) is 1. The van der Waals surface area contributed by atoms with Gasteiger partial charge in [0.1, 0.15) is 29.8 Å². The first-order valence-corrected chi connectivity index (χ1v) is 13.2. The number of ether oxygens (including phenoxy) is 1. The summed E-state index contributed by atoms with van der Waals surface area (Å²) in [7, 11) is 0. The van der Waals surface area contributed by atoms with E-state index in [0.29, 0.717) is 56.0 Å². The maximum absolute atomic E-state index is 13.7. The molecule has 4 heterocycles. The molecule has 0 unspecified atom stereocenters. The zero-order valence-electron chi connectivity index (χ0n) is 22.3. The average molecular weight is 568 g/mol. The first kappa shape index (κ1) is 27.9. The van der Waals surface area contributed by atoms with E-state index in [0.717, 1.165) is 12.0 Å². The number of anilines is 2. The largest absolute Gasteiger partial charge is 0.491 e. The van der Waals surface area contributed by atoms with E-state index in [4.69, 9.17) is 10.00 Å². The van der Waals surface area contributed by atoms with Crippen molar-refractivity contribution in [3.63, 3.8) is 0 Å². The van der Waals surface area contributed by atoms with Crippen molar-refractivity contribution in [2.75, 3.05) is 49.1 Å². The van der Waals surface area contributed by atoms with Crippen LogP contribution in [0.1, 0.15) is 34.8 Å². The highest BCUT2D eigenvalue weighted by atomic mass is 19.4. The van der Waals surface area contributed by atoms with Crippen molar-refractivity contribution in [2.24, 2.45) is 5.92 Å². The minimum absolute atomic E-state index is 0.0718. The molecule has 2 aliphatic rings. The number of nitrogens with zero attached hydrogens (tertiary/aromatic N) is 6. The number of carbonyl (C=O) groups is 1.